The molecule has 0 spiro atoms. The van der Waals surface area contributed by atoms with Gasteiger partial charge in [0.1, 0.15) is 5.92 Å². The summed E-state index contributed by atoms with van der Waals surface area (Å²) in [5.41, 5.74) is 0.597. The van der Waals surface area contributed by atoms with E-state index in [0.717, 1.165) is 0 Å². The smallest absolute Gasteiger partial charge is 0.324 e. The molecule has 0 N–H and O–H groups in total. The van der Waals surface area contributed by atoms with E-state index in [0.29, 0.717) is 5.56 Å². The molecule has 20 heavy (non-hydrogen) atoms. The van der Waals surface area contributed by atoms with Crippen LogP contribution in [0.3, 0.4) is 0 Å². The zero-order chi connectivity index (χ0) is 15.0. The zero-order valence-electron chi connectivity index (χ0n) is 11.0. The first-order valence-corrected chi connectivity index (χ1v) is 6.10. The molecule has 0 aliphatic heterocycles. The second-order valence-corrected chi connectivity index (χ2v) is 4.03. The first-order valence-electron chi connectivity index (χ1n) is 6.10. The van der Waals surface area contributed by atoms with E-state index in [-0.39, 0.29) is 6.61 Å². The summed E-state index contributed by atoms with van der Waals surface area (Å²) in [6, 6.07) is 14.2. The lowest BCUT2D eigenvalue weighted by molar-refractivity contribution is -0.146. The number of benzene rings is 1. The molecule has 1 rings (SSSR count). The van der Waals surface area contributed by atoms with Crippen LogP contribution in [0.1, 0.15) is 18.4 Å². The van der Waals surface area contributed by atoms with Gasteiger partial charge in [-0.3, -0.25) is 4.79 Å². The topological polar surface area (TPSA) is 97.7 Å². The third-order valence-corrected chi connectivity index (χ3v) is 2.86. The van der Waals surface area contributed by atoms with Gasteiger partial charge in [0.05, 0.1) is 24.8 Å². The Morgan fingerprint density at radius 3 is 2.20 bits per heavy atom. The van der Waals surface area contributed by atoms with Gasteiger partial charge >= 0.3 is 5.97 Å². The van der Waals surface area contributed by atoms with Crippen LogP contribution in [0.4, 0.5) is 0 Å². The molecule has 0 amide bonds. The first-order chi connectivity index (χ1) is 9.69. The Kier molecular flexibility index (Phi) is 5.75. The fraction of sp³-hybridized carbons (Fsp3) is 0.333. The Hall–Kier alpha value is -2.84. The summed E-state index contributed by atoms with van der Waals surface area (Å²) >= 11 is 0. The number of rotatable bonds is 5. The molecule has 1 aromatic carbocycles. The molecule has 0 heterocycles. The highest BCUT2D eigenvalue weighted by Crippen LogP contribution is 2.32. The maximum atomic E-state index is 11.9. The fourth-order valence-corrected chi connectivity index (χ4v) is 1.95. The molecule has 0 aliphatic carbocycles. The number of carbonyl (C=O) groups is 1. The summed E-state index contributed by atoms with van der Waals surface area (Å²) in [5.74, 6) is -3.80. The van der Waals surface area contributed by atoms with Gasteiger partial charge in [-0.1, -0.05) is 30.3 Å². The fourth-order valence-electron chi connectivity index (χ4n) is 1.95. The molecule has 2 unspecified atom stereocenters. The largest absolute Gasteiger partial charge is 0.465 e. The van der Waals surface area contributed by atoms with Crippen molar-refractivity contribution in [3.63, 3.8) is 0 Å². The Morgan fingerprint density at radius 1 is 1.15 bits per heavy atom. The quantitative estimate of drug-likeness (QED) is 0.761. The maximum absolute atomic E-state index is 11.9. The van der Waals surface area contributed by atoms with Crippen LogP contribution in [0.2, 0.25) is 0 Å². The molecule has 1 aromatic rings. The highest BCUT2D eigenvalue weighted by Gasteiger charge is 2.37. The van der Waals surface area contributed by atoms with Gasteiger partial charge in [0.25, 0.3) is 0 Å². The normalized spacial score (nSPS) is 12.6. The van der Waals surface area contributed by atoms with Crippen LogP contribution < -0.4 is 0 Å². The number of carbonyl (C=O) groups excluding carboxylic acids is 1. The molecule has 5 heteroatoms. The molecule has 0 saturated carbocycles. The second-order valence-electron chi connectivity index (χ2n) is 4.03. The van der Waals surface area contributed by atoms with Crippen LogP contribution in [0, 0.1) is 45.8 Å². The minimum Gasteiger partial charge on any atom is -0.465 e. The first kappa shape index (κ1) is 15.2. The van der Waals surface area contributed by atoms with E-state index in [1.54, 1.807) is 37.3 Å². The lowest BCUT2D eigenvalue weighted by atomic mass is 9.78. The average molecular weight is 267 g/mol. The van der Waals surface area contributed by atoms with Gasteiger partial charge in [-0.2, -0.15) is 15.8 Å². The number of esters is 1. The third-order valence-electron chi connectivity index (χ3n) is 2.86. The van der Waals surface area contributed by atoms with Crippen molar-refractivity contribution in [2.75, 3.05) is 6.61 Å². The molecule has 0 fully saturated rings. The van der Waals surface area contributed by atoms with Gasteiger partial charge in [-0.25, -0.2) is 0 Å². The van der Waals surface area contributed by atoms with Crippen LogP contribution in [-0.4, -0.2) is 12.6 Å². The summed E-state index contributed by atoms with van der Waals surface area (Å²) in [4.78, 5) is 11.9. The van der Waals surface area contributed by atoms with Gasteiger partial charge < -0.3 is 4.74 Å². The van der Waals surface area contributed by atoms with Crippen molar-refractivity contribution in [2.45, 2.75) is 12.8 Å². The second kappa shape index (κ2) is 7.56. The molecular formula is C15H13N3O2. The van der Waals surface area contributed by atoms with E-state index in [1.165, 1.54) is 0 Å². The van der Waals surface area contributed by atoms with Gasteiger partial charge in [-0.15, -0.1) is 0 Å². The van der Waals surface area contributed by atoms with Crippen molar-refractivity contribution >= 4 is 5.97 Å². The number of hydrogen-bond donors (Lipinski definition) is 0. The predicted molar refractivity (Wildman–Crippen MR) is 69.6 cm³/mol. The highest BCUT2D eigenvalue weighted by molar-refractivity contribution is 5.77. The van der Waals surface area contributed by atoms with Crippen molar-refractivity contribution in [1.82, 2.24) is 0 Å². The van der Waals surface area contributed by atoms with E-state index >= 15 is 0 Å². The van der Waals surface area contributed by atoms with Crippen molar-refractivity contribution in [3.05, 3.63) is 35.9 Å². The third kappa shape index (κ3) is 3.34. The van der Waals surface area contributed by atoms with Crippen molar-refractivity contribution < 1.29 is 9.53 Å². The molecule has 100 valence electrons. The predicted octanol–water partition coefficient (Wildman–Crippen LogP) is 2.14. The molecule has 2 atom stereocenters. The van der Waals surface area contributed by atoms with Crippen LogP contribution in [0.5, 0.6) is 0 Å². The monoisotopic (exact) mass is 267 g/mol. The van der Waals surface area contributed by atoms with E-state index in [9.17, 15) is 10.1 Å². The Bertz CT molecular complexity index is 564. The average Bonchev–Trinajstić information content (AvgIpc) is 2.48. The number of nitrogens with zero attached hydrogens (tertiary/aromatic N) is 3. The maximum Gasteiger partial charge on any atom is 0.324 e. The van der Waals surface area contributed by atoms with E-state index in [1.807, 2.05) is 18.2 Å². The SMILES string of the molecule is CCOC(=O)C(C#N)C(c1ccccc1)C(C#N)C#N. The summed E-state index contributed by atoms with van der Waals surface area (Å²) in [6.07, 6.45) is 0. The molecule has 0 radical (unpaired) electrons. The highest BCUT2D eigenvalue weighted by atomic mass is 16.5. The van der Waals surface area contributed by atoms with Crippen LogP contribution in [-0.2, 0) is 9.53 Å². The van der Waals surface area contributed by atoms with E-state index < -0.39 is 23.7 Å². The molecule has 0 bridgehead atoms. The zero-order valence-corrected chi connectivity index (χ0v) is 11.0. The molecule has 0 aliphatic rings. The molecule has 0 saturated heterocycles. The van der Waals surface area contributed by atoms with Gasteiger partial charge in [0.15, 0.2) is 5.92 Å². The van der Waals surface area contributed by atoms with Crippen molar-refractivity contribution in [3.8, 4) is 18.2 Å². The standard InChI is InChI=1S/C15H13N3O2/c1-2-20-15(19)13(10-18)14(12(8-16)9-17)11-6-4-3-5-7-11/h3-7,12-14H,2H2,1H3. The van der Waals surface area contributed by atoms with Gasteiger partial charge in [0, 0.05) is 5.92 Å². The summed E-state index contributed by atoms with van der Waals surface area (Å²) in [5, 5.41) is 27.4. The van der Waals surface area contributed by atoms with E-state index in [2.05, 4.69) is 0 Å². The van der Waals surface area contributed by atoms with Gasteiger partial charge in [0.2, 0.25) is 0 Å². The lowest BCUT2D eigenvalue weighted by Crippen LogP contribution is -2.27. The minimum absolute atomic E-state index is 0.141. The molecule has 0 aromatic heterocycles. The van der Waals surface area contributed by atoms with Crippen molar-refractivity contribution in [1.29, 1.82) is 15.8 Å². The van der Waals surface area contributed by atoms with Crippen LogP contribution in [0.15, 0.2) is 30.3 Å². The Balaban J connectivity index is 3.25. The van der Waals surface area contributed by atoms with E-state index in [4.69, 9.17) is 15.3 Å². The number of hydrogen-bond acceptors (Lipinski definition) is 5. The van der Waals surface area contributed by atoms with Crippen molar-refractivity contribution in [2.24, 2.45) is 11.8 Å². The van der Waals surface area contributed by atoms with Gasteiger partial charge in [-0.05, 0) is 12.5 Å². The lowest BCUT2D eigenvalue weighted by Gasteiger charge is -2.21. The van der Waals surface area contributed by atoms with Crippen LogP contribution >= 0.6 is 0 Å². The Morgan fingerprint density at radius 2 is 1.75 bits per heavy atom. The Labute approximate surface area is 117 Å². The molecular weight excluding hydrogens is 254 g/mol. The number of nitriles is 3. The summed E-state index contributed by atoms with van der Waals surface area (Å²) in [6.45, 7) is 1.78. The van der Waals surface area contributed by atoms with Crippen LogP contribution in [0.25, 0.3) is 0 Å². The molecule has 5 nitrogen and oxygen atoms in total. The summed E-state index contributed by atoms with van der Waals surface area (Å²) in [7, 11) is 0. The summed E-state index contributed by atoms with van der Waals surface area (Å²) < 4.78 is 4.86. The minimum atomic E-state index is -1.18. The number of ether oxygens (including phenoxy) is 1.